The van der Waals surface area contributed by atoms with Crippen LogP contribution in [0.15, 0.2) is 54.6 Å². The summed E-state index contributed by atoms with van der Waals surface area (Å²) in [6.45, 7) is 2.94. The standard InChI is InChI=1S/C18H19NO2/c1-13-11-15-9-5-6-10-16(15)19(12-13)17(18(20)21)14-7-3-2-4-8-14/h2-10,13,17H,11-12H2,1H3,(H,20,21). The number of fused-ring (bicyclic) bond motifs is 1. The first-order valence-electron chi connectivity index (χ1n) is 7.29. The minimum absolute atomic E-state index is 0.450. The van der Waals surface area contributed by atoms with Crippen molar-refractivity contribution in [2.45, 2.75) is 19.4 Å². The normalized spacial score (nSPS) is 18.9. The number of nitrogens with zero attached hydrogens (tertiary/aromatic N) is 1. The Kier molecular flexibility index (Phi) is 3.65. The van der Waals surface area contributed by atoms with Crippen molar-refractivity contribution in [1.29, 1.82) is 0 Å². The summed E-state index contributed by atoms with van der Waals surface area (Å²) >= 11 is 0. The van der Waals surface area contributed by atoms with Crippen LogP contribution in [-0.2, 0) is 11.2 Å². The van der Waals surface area contributed by atoms with Crippen molar-refractivity contribution >= 4 is 11.7 Å². The van der Waals surface area contributed by atoms with Gasteiger partial charge in [-0.05, 0) is 29.5 Å². The van der Waals surface area contributed by atoms with Crippen molar-refractivity contribution in [3.63, 3.8) is 0 Å². The molecular formula is C18H19NO2. The molecule has 0 spiro atoms. The maximum atomic E-state index is 11.9. The molecule has 0 amide bonds. The third-order valence-electron chi connectivity index (χ3n) is 4.04. The molecule has 3 nitrogen and oxygen atoms in total. The lowest BCUT2D eigenvalue weighted by Crippen LogP contribution is -2.40. The first-order valence-corrected chi connectivity index (χ1v) is 7.29. The topological polar surface area (TPSA) is 40.5 Å². The van der Waals surface area contributed by atoms with Crippen LogP contribution >= 0.6 is 0 Å². The predicted octanol–water partition coefficient (Wildman–Crippen LogP) is 3.51. The summed E-state index contributed by atoms with van der Waals surface area (Å²) in [7, 11) is 0. The van der Waals surface area contributed by atoms with Crippen LogP contribution < -0.4 is 4.90 Å². The molecule has 0 aliphatic carbocycles. The summed E-state index contributed by atoms with van der Waals surface area (Å²) in [6.07, 6.45) is 1.01. The highest BCUT2D eigenvalue weighted by molar-refractivity contribution is 5.81. The number of carboxylic acid groups (broad SMARTS) is 1. The Morgan fingerprint density at radius 3 is 2.52 bits per heavy atom. The van der Waals surface area contributed by atoms with Gasteiger partial charge in [0.05, 0.1) is 0 Å². The van der Waals surface area contributed by atoms with E-state index in [0.717, 1.165) is 24.2 Å². The maximum Gasteiger partial charge on any atom is 0.331 e. The molecule has 0 fully saturated rings. The Morgan fingerprint density at radius 1 is 1.14 bits per heavy atom. The molecule has 0 saturated heterocycles. The summed E-state index contributed by atoms with van der Waals surface area (Å²) in [5.41, 5.74) is 3.11. The summed E-state index contributed by atoms with van der Waals surface area (Å²) in [4.78, 5) is 13.9. The first-order chi connectivity index (χ1) is 10.2. The third kappa shape index (κ3) is 2.64. The molecule has 1 aliphatic heterocycles. The van der Waals surface area contributed by atoms with Gasteiger partial charge in [0.1, 0.15) is 0 Å². The van der Waals surface area contributed by atoms with Crippen molar-refractivity contribution in [2.24, 2.45) is 5.92 Å². The maximum absolute atomic E-state index is 11.9. The fourth-order valence-electron chi connectivity index (χ4n) is 3.17. The summed E-state index contributed by atoms with van der Waals surface area (Å²) < 4.78 is 0. The highest BCUT2D eigenvalue weighted by Crippen LogP contribution is 2.35. The van der Waals surface area contributed by atoms with Crippen molar-refractivity contribution in [2.75, 3.05) is 11.4 Å². The van der Waals surface area contributed by atoms with E-state index in [-0.39, 0.29) is 0 Å². The lowest BCUT2D eigenvalue weighted by molar-refractivity contribution is -0.138. The Balaban J connectivity index is 2.06. The smallest absolute Gasteiger partial charge is 0.331 e. The Bertz CT molecular complexity index is 639. The molecule has 0 saturated carbocycles. The molecule has 3 heteroatoms. The monoisotopic (exact) mass is 281 g/mol. The van der Waals surface area contributed by atoms with E-state index in [1.807, 2.05) is 53.4 Å². The zero-order chi connectivity index (χ0) is 14.8. The van der Waals surface area contributed by atoms with Gasteiger partial charge in [0.15, 0.2) is 6.04 Å². The molecule has 0 aromatic heterocycles. The van der Waals surface area contributed by atoms with Gasteiger partial charge in [-0.1, -0.05) is 55.5 Å². The van der Waals surface area contributed by atoms with Crippen LogP contribution in [-0.4, -0.2) is 17.6 Å². The van der Waals surface area contributed by atoms with Crippen LogP contribution in [0.1, 0.15) is 24.1 Å². The van der Waals surface area contributed by atoms with Crippen LogP contribution in [0, 0.1) is 5.92 Å². The third-order valence-corrected chi connectivity index (χ3v) is 4.04. The zero-order valence-electron chi connectivity index (χ0n) is 12.1. The number of hydrogen-bond donors (Lipinski definition) is 1. The average Bonchev–Trinajstić information content (AvgIpc) is 2.48. The van der Waals surface area contributed by atoms with Crippen LogP contribution in [0.25, 0.3) is 0 Å². The number of carbonyl (C=O) groups is 1. The summed E-state index contributed by atoms with van der Waals surface area (Å²) in [6, 6.07) is 17.0. The van der Waals surface area contributed by atoms with E-state index >= 15 is 0 Å². The molecule has 1 aliphatic rings. The Morgan fingerprint density at radius 2 is 1.81 bits per heavy atom. The summed E-state index contributed by atoms with van der Waals surface area (Å²) in [5.74, 6) is -0.351. The minimum Gasteiger partial charge on any atom is -0.479 e. The van der Waals surface area contributed by atoms with Crippen LogP contribution in [0.4, 0.5) is 5.69 Å². The van der Waals surface area contributed by atoms with E-state index in [9.17, 15) is 9.90 Å². The van der Waals surface area contributed by atoms with E-state index in [0.29, 0.717) is 5.92 Å². The van der Waals surface area contributed by atoms with Crippen molar-refractivity contribution in [3.8, 4) is 0 Å². The molecule has 21 heavy (non-hydrogen) atoms. The van der Waals surface area contributed by atoms with Gasteiger partial charge in [-0.25, -0.2) is 4.79 Å². The molecule has 1 heterocycles. The van der Waals surface area contributed by atoms with Gasteiger partial charge in [-0.2, -0.15) is 0 Å². The van der Waals surface area contributed by atoms with Gasteiger partial charge in [0, 0.05) is 12.2 Å². The minimum atomic E-state index is -0.801. The van der Waals surface area contributed by atoms with Gasteiger partial charge < -0.3 is 10.0 Å². The van der Waals surface area contributed by atoms with Gasteiger partial charge in [-0.3, -0.25) is 0 Å². The molecular weight excluding hydrogens is 262 g/mol. The lowest BCUT2D eigenvalue weighted by atomic mass is 9.91. The molecule has 2 aromatic rings. The van der Waals surface area contributed by atoms with Crippen molar-refractivity contribution in [1.82, 2.24) is 0 Å². The Hall–Kier alpha value is -2.29. The highest BCUT2D eigenvalue weighted by atomic mass is 16.4. The van der Waals surface area contributed by atoms with E-state index in [2.05, 4.69) is 13.0 Å². The fourth-order valence-corrected chi connectivity index (χ4v) is 3.17. The van der Waals surface area contributed by atoms with E-state index < -0.39 is 12.0 Å². The second kappa shape index (κ2) is 5.60. The van der Waals surface area contributed by atoms with E-state index in [1.165, 1.54) is 5.56 Å². The molecule has 0 bridgehead atoms. The second-order valence-corrected chi connectivity index (χ2v) is 5.74. The van der Waals surface area contributed by atoms with Gasteiger partial charge >= 0.3 is 5.97 Å². The molecule has 3 rings (SSSR count). The first kappa shape index (κ1) is 13.7. The van der Waals surface area contributed by atoms with Gasteiger partial charge in [0.25, 0.3) is 0 Å². The van der Waals surface area contributed by atoms with Gasteiger partial charge in [-0.15, -0.1) is 0 Å². The largest absolute Gasteiger partial charge is 0.479 e. The number of anilines is 1. The summed E-state index contributed by atoms with van der Waals surface area (Å²) in [5, 5.41) is 9.75. The number of aliphatic carboxylic acids is 1. The number of benzene rings is 2. The number of carboxylic acids is 1. The van der Waals surface area contributed by atoms with E-state index in [1.54, 1.807) is 0 Å². The number of hydrogen-bond acceptors (Lipinski definition) is 2. The van der Waals surface area contributed by atoms with Crippen LogP contribution in [0.2, 0.25) is 0 Å². The molecule has 2 aromatic carbocycles. The molecule has 108 valence electrons. The Labute approximate surface area is 124 Å². The molecule has 0 radical (unpaired) electrons. The average molecular weight is 281 g/mol. The fraction of sp³-hybridized carbons (Fsp3) is 0.278. The molecule has 2 atom stereocenters. The quantitative estimate of drug-likeness (QED) is 0.936. The highest BCUT2D eigenvalue weighted by Gasteiger charge is 2.32. The second-order valence-electron chi connectivity index (χ2n) is 5.74. The molecule has 1 N–H and O–H groups in total. The van der Waals surface area contributed by atoms with Crippen molar-refractivity contribution < 1.29 is 9.90 Å². The predicted molar refractivity (Wildman–Crippen MR) is 83.5 cm³/mol. The SMILES string of the molecule is CC1Cc2ccccc2N(C(C(=O)O)c2ccccc2)C1. The van der Waals surface area contributed by atoms with Gasteiger partial charge in [0.2, 0.25) is 0 Å². The van der Waals surface area contributed by atoms with Crippen LogP contribution in [0.3, 0.4) is 0 Å². The van der Waals surface area contributed by atoms with E-state index in [4.69, 9.17) is 0 Å². The molecule has 2 unspecified atom stereocenters. The van der Waals surface area contributed by atoms with Crippen LogP contribution in [0.5, 0.6) is 0 Å². The number of rotatable bonds is 3. The lowest BCUT2D eigenvalue weighted by Gasteiger charge is -2.38. The van der Waals surface area contributed by atoms with Crippen molar-refractivity contribution in [3.05, 3.63) is 65.7 Å². The zero-order valence-corrected chi connectivity index (χ0v) is 12.1. The number of para-hydroxylation sites is 1.